The molecule has 60 valence electrons. The van der Waals surface area contributed by atoms with Crippen molar-refractivity contribution in [3.05, 3.63) is 11.8 Å². The number of methoxy groups -OCH3 is 1. The van der Waals surface area contributed by atoms with E-state index in [1.165, 1.54) is 7.11 Å². The van der Waals surface area contributed by atoms with Gasteiger partial charge < -0.3 is 10.5 Å². The normalized spacial score (nSPS) is 12.5. The van der Waals surface area contributed by atoms with E-state index in [9.17, 15) is 0 Å². The van der Waals surface area contributed by atoms with Crippen molar-refractivity contribution in [2.24, 2.45) is 10.7 Å². The zero-order chi connectivity index (χ0) is 8.69. The Kier molecular flexibility index (Phi) is 4.58. The topological polar surface area (TPSA) is 71.4 Å². The van der Waals surface area contributed by atoms with Gasteiger partial charge in [0.1, 0.15) is 6.54 Å². The maximum atomic E-state index is 8.18. The second kappa shape index (κ2) is 5.30. The Morgan fingerprint density at radius 2 is 2.45 bits per heavy atom. The quantitative estimate of drug-likeness (QED) is 0.355. The molecule has 0 fully saturated rings. The van der Waals surface area contributed by atoms with Gasteiger partial charge >= 0.3 is 0 Å². The minimum atomic E-state index is 0.0902. The van der Waals surface area contributed by atoms with Crippen LogP contribution in [0.3, 0.4) is 0 Å². The lowest BCUT2D eigenvalue weighted by molar-refractivity contribution is 0.405. The van der Waals surface area contributed by atoms with Crippen LogP contribution in [0.1, 0.15) is 6.92 Å². The third-order valence-electron chi connectivity index (χ3n) is 0.866. The van der Waals surface area contributed by atoms with Gasteiger partial charge in [-0.3, -0.25) is 0 Å². The van der Waals surface area contributed by atoms with Crippen LogP contribution in [0.5, 0.6) is 0 Å². The second-order valence-corrected chi connectivity index (χ2v) is 1.91. The highest BCUT2D eigenvalue weighted by Crippen LogP contribution is 1.87. The third-order valence-corrected chi connectivity index (χ3v) is 0.866. The van der Waals surface area contributed by atoms with Gasteiger partial charge in [0.2, 0.25) is 5.90 Å². The first kappa shape index (κ1) is 9.50. The fraction of sp³-hybridized carbons (Fsp3) is 0.429. The first-order chi connectivity index (χ1) is 5.20. The van der Waals surface area contributed by atoms with Crippen molar-refractivity contribution in [1.82, 2.24) is 0 Å². The second-order valence-electron chi connectivity index (χ2n) is 1.91. The van der Waals surface area contributed by atoms with Crippen LogP contribution in [0, 0.1) is 11.3 Å². The van der Waals surface area contributed by atoms with Crippen LogP contribution in [-0.2, 0) is 4.74 Å². The van der Waals surface area contributed by atoms with E-state index in [1.807, 2.05) is 6.07 Å². The van der Waals surface area contributed by atoms with E-state index in [-0.39, 0.29) is 6.54 Å². The summed E-state index contributed by atoms with van der Waals surface area (Å²) in [6, 6.07) is 1.87. The molecule has 0 saturated carbocycles. The average molecular weight is 153 g/mol. The van der Waals surface area contributed by atoms with Gasteiger partial charge in [-0.1, -0.05) is 0 Å². The van der Waals surface area contributed by atoms with Crippen LogP contribution in [0.15, 0.2) is 16.8 Å². The minimum Gasteiger partial charge on any atom is -0.481 e. The molecule has 0 saturated heterocycles. The van der Waals surface area contributed by atoms with Crippen LogP contribution in [0.4, 0.5) is 0 Å². The highest BCUT2D eigenvalue weighted by Gasteiger charge is 1.90. The molecule has 2 N–H and O–H groups in total. The van der Waals surface area contributed by atoms with E-state index in [0.717, 1.165) is 0 Å². The van der Waals surface area contributed by atoms with E-state index in [0.29, 0.717) is 11.6 Å². The Balaban J connectivity index is 4.19. The van der Waals surface area contributed by atoms with Crippen molar-refractivity contribution in [1.29, 1.82) is 5.26 Å². The van der Waals surface area contributed by atoms with Gasteiger partial charge in [0.15, 0.2) is 0 Å². The molecule has 0 heterocycles. The van der Waals surface area contributed by atoms with Crippen molar-refractivity contribution < 1.29 is 4.74 Å². The van der Waals surface area contributed by atoms with Crippen LogP contribution in [0.2, 0.25) is 0 Å². The Morgan fingerprint density at radius 3 is 2.82 bits per heavy atom. The predicted molar refractivity (Wildman–Crippen MR) is 42.9 cm³/mol. The smallest absolute Gasteiger partial charge is 0.211 e. The monoisotopic (exact) mass is 153 g/mol. The summed E-state index contributed by atoms with van der Waals surface area (Å²) in [5, 5.41) is 8.18. The standard InChI is InChI=1S/C7H11N3O/c1-6(9)5-7(11-2)10-4-3-8/h5H,4,9H2,1-2H3/b6-5-,10-7?. The lowest BCUT2D eigenvalue weighted by Crippen LogP contribution is -2.02. The summed E-state index contributed by atoms with van der Waals surface area (Å²) in [7, 11) is 1.48. The van der Waals surface area contributed by atoms with E-state index >= 15 is 0 Å². The zero-order valence-corrected chi connectivity index (χ0v) is 6.66. The number of hydrogen-bond acceptors (Lipinski definition) is 4. The average Bonchev–Trinajstić information content (AvgIpc) is 1.97. The molecule has 0 aliphatic heterocycles. The van der Waals surface area contributed by atoms with Crippen molar-refractivity contribution in [2.75, 3.05) is 13.7 Å². The molecule has 0 radical (unpaired) electrons. The molecule has 0 aliphatic rings. The van der Waals surface area contributed by atoms with Gasteiger partial charge in [-0.2, -0.15) is 5.26 Å². The number of hydrogen-bond donors (Lipinski definition) is 1. The Labute approximate surface area is 66.0 Å². The van der Waals surface area contributed by atoms with E-state index in [1.54, 1.807) is 13.0 Å². The molecule has 0 unspecified atom stereocenters. The molecule has 0 aromatic carbocycles. The zero-order valence-electron chi connectivity index (χ0n) is 6.66. The van der Waals surface area contributed by atoms with Gasteiger partial charge in [-0.15, -0.1) is 0 Å². The van der Waals surface area contributed by atoms with Gasteiger partial charge in [0.05, 0.1) is 13.2 Å². The summed E-state index contributed by atoms with van der Waals surface area (Å²) in [5.74, 6) is 0.381. The van der Waals surface area contributed by atoms with Gasteiger partial charge in [0.25, 0.3) is 0 Å². The number of allylic oxidation sites excluding steroid dienone is 1. The summed E-state index contributed by atoms with van der Waals surface area (Å²) in [6.07, 6.45) is 1.57. The number of aliphatic imine (C=N–C) groups is 1. The van der Waals surface area contributed by atoms with Crippen molar-refractivity contribution in [3.63, 3.8) is 0 Å². The van der Waals surface area contributed by atoms with Crippen molar-refractivity contribution in [2.45, 2.75) is 6.92 Å². The van der Waals surface area contributed by atoms with Crippen LogP contribution < -0.4 is 5.73 Å². The number of rotatable bonds is 2. The molecule has 0 amide bonds. The van der Waals surface area contributed by atoms with Crippen LogP contribution >= 0.6 is 0 Å². The van der Waals surface area contributed by atoms with Gasteiger partial charge in [-0.25, -0.2) is 4.99 Å². The maximum Gasteiger partial charge on any atom is 0.211 e. The molecule has 0 aromatic heterocycles. The molecule has 0 bridgehead atoms. The number of nitrogens with two attached hydrogens (primary N) is 1. The number of nitriles is 1. The summed E-state index contributed by atoms with van der Waals surface area (Å²) >= 11 is 0. The van der Waals surface area contributed by atoms with E-state index in [2.05, 4.69) is 4.99 Å². The van der Waals surface area contributed by atoms with E-state index in [4.69, 9.17) is 15.7 Å². The van der Waals surface area contributed by atoms with Crippen LogP contribution in [0.25, 0.3) is 0 Å². The first-order valence-electron chi connectivity index (χ1n) is 3.10. The Bertz CT molecular complexity index is 208. The summed E-state index contributed by atoms with van der Waals surface area (Å²) < 4.78 is 4.81. The van der Waals surface area contributed by atoms with Crippen LogP contribution in [-0.4, -0.2) is 19.6 Å². The summed E-state index contributed by atoms with van der Waals surface area (Å²) in [4.78, 5) is 3.78. The largest absolute Gasteiger partial charge is 0.481 e. The minimum absolute atomic E-state index is 0.0902. The molecule has 0 rings (SSSR count). The molecule has 11 heavy (non-hydrogen) atoms. The molecule has 0 spiro atoms. The summed E-state index contributed by atoms with van der Waals surface area (Å²) in [5.41, 5.74) is 5.96. The highest BCUT2D eigenvalue weighted by atomic mass is 16.5. The van der Waals surface area contributed by atoms with Gasteiger partial charge in [-0.05, 0) is 6.92 Å². The molecule has 0 aromatic rings. The summed E-state index contributed by atoms with van der Waals surface area (Å²) in [6.45, 7) is 1.81. The molecular weight excluding hydrogens is 142 g/mol. The fourth-order valence-electron chi connectivity index (χ4n) is 0.477. The highest BCUT2D eigenvalue weighted by molar-refractivity contribution is 5.88. The SMILES string of the molecule is COC(/C=C(/C)N)=NCC#N. The molecule has 4 heteroatoms. The third kappa shape index (κ3) is 4.97. The molecule has 4 nitrogen and oxygen atoms in total. The predicted octanol–water partition coefficient (Wildman–Crippen LogP) is 0.417. The van der Waals surface area contributed by atoms with Crippen molar-refractivity contribution >= 4 is 5.90 Å². The maximum absolute atomic E-state index is 8.18. The van der Waals surface area contributed by atoms with Gasteiger partial charge in [0, 0.05) is 11.8 Å². The fourth-order valence-corrected chi connectivity index (χ4v) is 0.477. The molecule has 0 atom stereocenters. The van der Waals surface area contributed by atoms with E-state index < -0.39 is 0 Å². The van der Waals surface area contributed by atoms with Crippen molar-refractivity contribution in [3.8, 4) is 6.07 Å². The first-order valence-corrected chi connectivity index (χ1v) is 3.10. The number of ether oxygens (including phenoxy) is 1. The Morgan fingerprint density at radius 1 is 1.82 bits per heavy atom. The number of nitrogens with zero attached hydrogens (tertiary/aromatic N) is 2. The molecular formula is C7H11N3O. The lowest BCUT2D eigenvalue weighted by atomic mass is 10.4. The lowest BCUT2D eigenvalue weighted by Gasteiger charge is -1.97. The Hall–Kier alpha value is -1.50. The molecule has 0 aliphatic carbocycles.